The van der Waals surface area contributed by atoms with E-state index in [1.807, 2.05) is 0 Å². The molecule has 0 bridgehead atoms. The molecule has 78 valence electrons. The van der Waals surface area contributed by atoms with E-state index in [9.17, 15) is 9.59 Å². The van der Waals surface area contributed by atoms with E-state index in [1.54, 1.807) is 0 Å². The van der Waals surface area contributed by atoms with E-state index in [1.165, 1.54) is 24.1 Å². The second kappa shape index (κ2) is 3.12. The van der Waals surface area contributed by atoms with Crippen molar-refractivity contribution in [1.82, 2.24) is 14.6 Å². The van der Waals surface area contributed by atoms with Crippen LogP contribution in [0.1, 0.15) is 10.4 Å². The molecule has 15 heavy (non-hydrogen) atoms. The first-order chi connectivity index (χ1) is 7.15. The molecule has 0 fully saturated rings. The minimum Gasteiger partial charge on any atom is -0.493 e. The third-order valence-electron chi connectivity index (χ3n) is 1.97. The van der Waals surface area contributed by atoms with Crippen LogP contribution < -0.4 is 10.3 Å². The summed E-state index contributed by atoms with van der Waals surface area (Å²) in [6.45, 7) is 0. The number of hydrogen-bond donors (Lipinski definition) is 2. The van der Waals surface area contributed by atoms with Crippen molar-refractivity contribution in [2.45, 2.75) is 0 Å². The van der Waals surface area contributed by atoms with Gasteiger partial charge in [-0.3, -0.25) is 4.79 Å². The lowest BCUT2D eigenvalue weighted by Crippen LogP contribution is -2.10. The van der Waals surface area contributed by atoms with Crippen molar-refractivity contribution in [2.75, 3.05) is 7.11 Å². The zero-order chi connectivity index (χ0) is 11.0. The Morgan fingerprint density at radius 2 is 2.40 bits per heavy atom. The van der Waals surface area contributed by atoms with Gasteiger partial charge in [0.1, 0.15) is 11.9 Å². The molecule has 2 heterocycles. The van der Waals surface area contributed by atoms with Gasteiger partial charge in [-0.05, 0) is 0 Å². The van der Waals surface area contributed by atoms with Crippen molar-refractivity contribution in [1.29, 1.82) is 0 Å². The molecular weight excluding hydrogens is 202 g/mol. The van der Waals surface area contributed by atoms with E-state index >= 15 is 0 Å². The monoisotopic (exact) mass is 209 g/mol. The molecule has 2 rings (SSSR count). The predicted octanol–water partition coefficient (Wildman–Crippen LogP) is -0.271. The molecule has 0 amide bonds. The molecule has 0 aromatic carbocycles. The topological polar surface area (TPSA) is 96.7 Å². The molecule has 7 heteroatoms. The van der Waals surface area contributed by atoms with Crippen LogP contribution in [0.4, 0.5) is 0 Å². The van der Waals surface area contributed by atoms with Crippen LogP contribution >= 0.6 is 0 Å². The number of nitrogens with one attached hydrogen (secondary N) is 1. The standard InChI is InChI=1S/C8H7N3O4/c1-15-6-4(8(13)14)2-11-5(6)7(12)9-3-10-11/h2-3H,1H3,(H,13,14)(H,9,10,12). The van der Waals surface area contributed by atoms with E-state index in [0.717, 1.165) is 0 Å². The number of carboxylic acids is 1. The van der Waals surface area contributed by atoms with E-state index in [4.69, 9.17) is 9.84 Å². The maximum Gasteiger partial charge on any atom is 0.341 e. The summed E-state index contributed by atoms with van der Waals surface area (Å²) in [7, 11) is 1.30. The molecule has 0 unspecified atom stereocenters. The first-order valence-electron chi connectivity index (χ1n) is 4.01. The number of carbonyl (C=O) groups is 1. The van der Waals surface area contributed by atoms with E-state index < -0.39 is 11.5 Å². The number of carboxylic acid groups (broad SMARTS) is 1. The number of aromatic amines is 1. The Morgan fingerprint density at radius 3 is 3.00 bits per heavy atom. The lowest BCUT2D eigenvalue weighted by molar-refractivity contribution is 0.0694. The number of fused-ring (bicyclic) bond motifs is 1. The van der Waals surface area contributed by atoms with Gasteiger partial charge in [-0.2, -0.15) is 5.10 Å². The average Bonchev–Trinajstić information content (AvgIpc) is 2.57. The van der Waals surface area contributed by atoms with Crippen molar-refractivity contribution in [3.8, 4) is 5.75 Å². The van der Waals surface area contributed by atoms with Crippen molar-refractivity contribution < 1.29 is 14.6 Å². The Bertz CT molecular complexity index is 583. The Kier molecular flexibility index (Phi) is 1.93. The number of H-pyrrole nitrogens is 1. The van der Waals surface area contributed by atoms with Crippen LogP contribution in [0.25, 0.3) is 5.52 Å². The van der Waals surface area contributed by atoms with Gasteiger partial charge in [-0.25, -0.2) is 9.31 Å². The second-order valence-corrected chi connectivity index (χ2v) is 2.79. The van der Waals surface area contributed by atoms with Gasteiger partial charge in [0.2, 0.25) is 0 Å². The fourth-order valence-corrected chi connectivity index (χ4v) is 1.35. The fraction of sp³-hybridized carbons (Fsp3) is 0.125. The highest BCUT2D eigenvalue weighted by atomic mass is 16.5. The van der Waals surface area contributed by atoms with Crippen LogP contribution in [-0.4, -0.2) is 32.8 Å². The third-order valence-corrected chi connectivity index (χ3v) is 1.97. The number of rotatable bonds is 2. The maximum absolute atomic E-state index is 11.4. The number of methoxy groups -OCH3 is 1. The van der Waals surface area contributed by atoms with Gasteiger partial charge in [-0.1, -0.05) is 0 Å². The fourth-order valence-electron chi connectivity index (χ4n) is 1.35. The number of aromatic carboxylic acids is 1. The maximum atomic E-state index is 11.4. The highest BCUT2D eigenvalue weighted by Crippen LogP contribution is 2.23. The quantitative estimate of drug-likeness (QED) is 0.709. The lowest BCUT2D eigenvalue weighted by Gasteiger charge is -1.97. The molecule has 0 saturated heterocycles. The normalized spacial score (nSPS) is 10.5. The SMILES string of the molecule is COc1c(C(=O)O)cn2nc[nH]c(=O)c12. The average molecular weight is 209 g/mol. The molecule has 0 spiro atoms. The molecule has 0 aliphatic rings. The van der Waals surface area contributed by atoms with Crippen molar-refractivity contribution in [2.24, 2.45) is 0 Å². The molecule has 0 aliphatic heterocycles. The van der Waals surface area contributed by atoms with Gasteiger partial charge in [0, 0.05) is 6.20 Å². The van der Waals surface area contributed by atoms with Gasteiger partial charge in [0.05, 0.1) is 7.11 Å². The van der Waals surface area contributed by atoms with Crippen LogP contribution in [0.2, 0.25) is 0 Å². The summed E-state index contributed by atoms with van der Waals surface area (Å²) in [5.41, 5.74) is -0.464. The lowest BCUT2D eigenvalue weighted by atomic mass is 10.3. The molecule has 7 nitrogen and oxygen atoms in total. The Morgan fingerprint density at radius 1 is 1.67 bits per heavy atom. The molecule has 0 aliphatic carbocycles. The minimum absolute atomic E-state index is 0.0110. The number of nitrogens with zero attached hydrogens (tertiary/aromatic N) is 2. The molecule has 2 aromatic rings. The predicted molar refractivity (Wildman–Crippen MR) is 49.3 cm³/mol. The molecule has 2 aromatic heterocycles. The molecule has 0 radical (unpaired) electrons. The van der Waals surface area contributed by atoms with Gasteiger partial charge < -0.3 is 14.8 Å². The molecular formula is C8H7N3O4. The van der Waals surface area contributed by atoms with Gasteiger partial charge in [-0.15, -0.1) is 0 Å². The van der Waals surface area contributed by atoms with Gasteiger partial charge in [0.25, 0.3) is 5.56 Å². The molecule has 0 atom stereocenters. The van der Waals surface area contributed by atoms with Crippen LogP contribution in [0.5, 0.6) is 5.75 Å². The summed E-state index contributed by atoms with van der Waals surface area (Å²) in [4.78, 5) is 24.6. The largest absolute Gasteiger partial charge is 0.493 e. The summed E-state index contributed by atoms with van der Waals surface area (Å²) in [6.07, 6.45) is 2.41. The molecule has 0 saturated carbocycles. The first-order valence-corrected chi connectivity index (χ1v) is 4.01. The Labute approximate surface area is 82.9 Å². The number of ether oxygens (including phenoxy) is 1. The summed E-state index contributed by atoms with van der Waals surface area (Å²) in [5, 5.41) is 12.6. The summed E-state index contributed by atoms with van der Waals surface area (Å²) in [6, 6.07) is 0. The Hall–Kier alpha value is -2.31. The van der Waals surface area contributed by atoms with Crippen LogP contribution in [-0.2, 0) is 0 Å². The summed E-state index contributed by atoms with van der Waals surface area (Å²) < 4.78 is 6.05. The first kappa shape index (κ1) is 9.25. The van der Waals surface area contributed by atoms with E-state index in [0.29, 0.717) is 0 Å². The van der Waals surface area contributed by atoms with E-state index in [-0.39, 0.29) is 16.8 Å². The van der Waals surface area contributed by atoms with Crippen molar-refractivity contribution in [3.05, 3.63) is 28.4 Å². The van der Waals surface area contributed by atoms with E-state index in [2.05, 4.69) is 10.1 Å². The van der Waals surface area contributed by atoms with Gasteiger partial charge in [0.15, 0.2) is 11.3 Å². The zero-order valence-corrected chi connectivity index (χ0v) is 7.72. The van der Waals surface area contributed by atoms with Crippen molar-refractivity contribution >= 4 is 11.5 Å². The van der Waals surface area contributed by atoms with Crippen molar-refractivity contribution in [3.63, 3.8) is 0 Å². The highest BCUT2D eigenvalue weighted by Gasteiger charge is 2.19. The minimum atomic E-state index is -1.17. The highest BCUT2D eigenvalue weighted by molar-refractivity contribution is 5.94. The van der Waals surface area contributed by atoms with Crippen LogP contribution in [0, 0.1) is 0 Å². The van der Waals surface area contributed by atoms with Gasteiger partial charge >= 0.3 is 5.97 Å². The number of aromatic nitrogens is 3. The summed E-state index contributed by atoms with van der Waals surface area (Å²) >= 11 is 0. The third kappa shape index (κ3) is 1.25. The van der Waals surface area contributed by atoms with Crippen LogP contribution in [0.3, 0.4) is 0 Å². The summed E-state index contributed by atoms with van der Waals surface area (Å²) in [5.74, 6) is -1.16. The van der Waals surface area contributed by atoms with Crippen LogP contribution in [0.15, 0.2) is 17.3 Å². The number of hydrogen-bond acceptors (Lipinski definition) is 4. The smallest absolute Gasteiger partial charge is 0.341 e. The zero-order valence-electron chi connectivity index (χ0n) is 7.72. The second-order valence-electron chi connectivity index (χ2n) is 2.79. The molecule has 2 N–H and O–H groups in total. The Balaban J connectivity index is 2.92.